The summed E-state index contributed by atoms with van der Waals surface area (Å²) < 4.78 is 3.75. The molecule has 2 aromatic carbocycles. The van der Waals surface area contributed by atoms with Gasteiger partial charge in [0.25, 0.3) is 0 Å². The minimum atomic E-state index is 0. The Morgan fingerprint density at radius 3 is 1.92 bits per heavy atom. The van der Waals surface area contributed by atoms with E-state index < -0.39 is 0 Å². The molecule has 0 saturated carbocycles. The van der Waals surface area contributed by atoms with Crippen LogP contribution in [0.25, 0.3) is 5.69 Å². The number of nitrogens with zero attached hydrogens (tertiary/aromatic N) is 6. The minimum Gasteiger partial charge on any atom is -0.813 e. The number of aryl methyl sites for hydroxylation is 1. The molecule has 1 aliphatic heterocycles. The van der Waals surface area contributed by atoms with Gasteiger partial charge in [0.1, 0.15) is 0 Å². The van der Waals surface area contributed by atoms with E-state index in [0.29, 0.717) is 0 Å². The van der Waals surface area contributed by atoms with Crippen molar-refractivity contribution in [2.75, 3.05) is 4.31 Å². The van der Waals surface area contributed by atoms with Crippen molar-refractivity contribution in [2.45, 2.75) is 13.8 Å². The van der Waals surface area contributed by atoms with Gasteiger partial charge < -0.3 is 22.8 Å². The minimum absolute atomic E-state index is 0. The first-order valence-corrected chi connectivity index (χ1v) is 8.22. The zero-order chi connectivity index (χ0) is 16.8. The molecule has 2 heterocycles. The Balaban J connectivity index is 0.000000241. The third-order valence-electron chi connectivity index (χ3n) is 3.21. The number of benzene rings is 2. The standard InChI is InChI=1S/C9H9N2S.C8H8N4.K.H2S/c1-8-10-7-11(12-8)9-5-3-2-4-6-9;1-7-9-10-11-12(7)8-5-3-2-4-6-8;;/h2-7H,1H3;2-6H,1H3;;1H2/q-1;;+1;/p-1. The molecule has 1 aliphatic rings. The molecule has 1 aromatic heterocycles. The molecule has 0 N–H and O–H groups in total. The average Bonchev–Trinajstić information content (AvgIpc) is 3.25. The van der Waals surface area contributed by atoms with Gasteiger partial charge in [0.15, 0.2) is 5.82 Å². The van der Waals surface area contributed by atoms with Crippen LogP contribution in [-0.4, -0.2) is 25.3 Å². The van der Waals surface area contributed by atoms with Crippen LogP contribution >= 0.6 is 11.9 Å². The maximum Gasteiger partial charge on any atom is 1.00 e. The molecule has 0 saturated heterocycles. The Morgan fingerprint density at radius 1 is 0.885 bits per heavy atom. The predicted octanol–water partition coefficient (Wildman–Crippen LogP) is 0.397. The van der Waals surface area contributed by atoms with E-state index in [4.69, 9.17) is 0 Å². The summed E-state index contributed by atoms with van der Waals surface area (Å²) >= 11 is 1.65. The number of aliphatic imine (C=N–C) groups is 1. The molecule has 3 aromatic rings. The number of aromatic nitrogens is 4. The van der Waals surface area contributed by atoms with E-state index in [9.17, 15) is 0 Å². The third-order valence-corrected chi connectivity index (χ3v) is 4.08. The summed E-state index contributed by atoms with van der Waals surface area (Å²) in [4.78, 5) is 4.17. The molecule has 130 valence electrons. The van der Waals surface area contributed by atoms with Crippen molar-refractivity contribution in [3.8, 4) is 5.69 Å². The quantitative estimate of drug-likeness (QED) is 0.201. The zero-order valence-electron chi connectivity index (χ0n) is 14.9. The normalized spacial score (nSPS) is 11.9. The van der Waals surface area contributed by atoms with Crippen LogP contribution < -0.4 is 55.7 Å². The van der Waals surface area contributed by atoms with Crippen LogP contribution in [0.2, 0.25) is 0 Å². The van der Waals surface area contributed by atoms with E-state index in [1.807, 2.05) is 69.0 Å². The van der Waals surface area contributed by atoms with Gasteiger partial charge in [-0.3, -0.25) is 0 Å². The van der Waals surface area contributed by atoms with Gasteiger partial charge in [0, 0.05) is 5.69 Å². The Morgan fingerprint density at radius 2 is 1.46 bits per heavy atom. The first kappa shape index (κ1) is 23.2. The zero-order valence-corrected chi connectivity index (χ0v) is 19.7. The Labute approximate surface area is 207 Å². The Hall–Kier alpha value is -0.814. The molecule has 0 unspecified atom stereocenters. The Kier molecular flexibility index (Phi) is 10.5. The van der Waals surface area contributed by atoms with E-state index >= 15 is 0 Å². The van der Waals surface area contributed by atoms with Crippen LogP contribution in [0, 0.1) is 13.6 Å². The van der Waals surface area contributed by atoms with Crippen LogP contribution in [-0.2, 0) is 13.5 Å². The van der Waals surface area contributed by atoms with E-state index in [1.165, 1.54) is 5.69 Å². The van der Waals surface area contributed by atoms with Crippen molar-refractivity contribution in [1.82, 2.24) is 20.2 Å². The molecular formula is C17H18KN6S2-. The van der Waals surface area contributed by atoms with Crippen molar-refractivity contribution in [3.63, 3.8) is 0 Å². The summed E-state index contributed by atoms with van der Waals surface area (Å²) in [6.45, 7) is 5.71. The molecular weight excluding hydrogens is 391 g/mol. The average molecular weight is 410 g/mol. The van der Waals surface area contributed by atoms with Gasteiger partial charge in [-0.15, -0.1) is 17.0 Å². The molecule has 6 nitrogen and oxygen atoms in total. The van der Waals surface area contributed by atoms with Crippen molar-refractivity contribution in [2.24, 2.45) is 4.99 Å². The second-order valence-corrected chi connectivity index (χ2v) is 6.16. The molecule has 0 atom stereocenters. The first-order valence-electron chi connectivity index (χ1n) is 7.44. The van der Waals surface area contributed by atoms with Crippen LogP contribution in [0.4, 0.5) is 5.69 Å². The monoisotopic (exact) mass is 409 g/mol. The van der Waals surface area contributed by atoms with Crippen molar-refractivity contribution in [1.29, 1.82) is 0 Å². The maximum atomic E-state index is 4.17. The number of para-hydroxylation sites is 2. The van der Waals surface area contributed by atoms with E-state index in [-0.39, 0.29) is 64.9 Å². The topological polar surface area (TPSA) is 59.2 Å². The van der Waals surface area contributed by atoms with Crippen molar-refractivity contribution < 1.29 is 51.4 Å². The Bertz CT molecular complexity index is 810. The predicted molar refractivity (Wildman–Crippen MR) is 107 cm³/mol. The van der Waals surface area contributed by atoms with E-state index in [1.54, 1.807) is 16.6 Å². The summed E-state index contributed by atoms with van der Waals surface area (Å²) in [6.07, 6.45) is 0. The fourth-order valence-corrected chi connectivity index (χ4v) is 2.76. The molecule has 0 amide bonds. The number of tetrazole rings is 1. The van der Waals surface area contributed by atoms with Gasteiger partial charge >= 0.3 is 51.4 Å². The molecule has 0 spiro atoms. The number of hydrogen-bond acceptors (Lipinski definition) is 7. The SMILES string of the molecule is CC1=N[CH-]N(c2ccccc2)S1.Cc1nnnn1-c1ccccc1.[K+].[SH-]. The van der Waals surface area contributed by atoms with Gasteiger partial charge in [-0.1, -0.05) is 48.4 Å². The van der Waals surface area contributed by atoms with Gasteiger partial charge in [-0.25, -0.2) is 0 Å². The fourth-order valence-electron chi connectivity index (χ4n) is 2.06. The van der Waals surface area contributed by atoms with Crippen LogP contribution in [0.5, 0.6) is 0 Å². The first-order chi connectivity index (χ1) is 11.7. The summed E-state index contributed by atoms with van der Waals surface area (Å²) in [5.41, 5.74) is 2.16. The molecule has 0 bridgehead atoms. The molecule has 26 heavy (non-hydrogen) atoms. The molecule has 0 radical (unpaired) electrons. The number of hydrogen-bond donors (Lipinski definition) is 0. The van der Waals surface area contributed by atoms with Crippen molar-refractivity contribution >= 4 is 36.2 Å². The summed E-state index contributed by atoms with van der Waals surface area (Å²) in [7, 11) is 0. The largest absolute Gasteiger partial charge is 1.00 e. The van der Waals surface area contributed by atoms with Gasteiger partial charge in [-0.2, -0.15) is 4.68 Å². The molecule has 4 rings (SSSR count). The van der Waals surface area contributed by atoms with Gasteiger partial charge in [0.2, 0.25) is 0 Å². The van der Waals surface area contributed by atoms with Gasteiger partial charge in [0.05, 0.1) is 5.69 Å². The summed E-state index contributed by atoms with van der Waals surface area (Å²) in [6, 6.07) is 20.0. The van der Waals surface area contributed by atoms with E-state index in [0.717, 1.165) is 16.6 Å². The number of anilines is 1. The van der Waals surface area contributed by atoms with Gasteiger partial charge in [-0.05, 0) is 48.3 Å². The van der Waals surface area contributed by atoms with Crippen LogP contribution in [0.1, 0.15) is 12.7 Å². The second kappa shape index (κ2) is 11.8. The molecule has 0 aliphatic carbocycles. The second-order valence-electron chi connectivity index (χ2n) is 4.99. The number of thiol groups is 1. The smallest absolute Gasteiger partial charge is 0.813 e. The molecule has 0 fully saturated rings. The van der Waals surface area contributed by atoms with Crippen LogP contribution in [0.3, 0.4) is 0 Å². The maximum absolute atomic E-state index is 4.17. The van der Waals surface area contributed by atoms with Crippen molar-refractivity contribution in [3.05, 3.63) is 73.2 Å². The fraction of sp³-hybridized carbons (Fsp3) is 0.118. The third kappa shape index (κ3) is 6.41. The van der Waals surface area contributed by atoms with E-state index in [2.05, 4.69) is 37.0 Å². The molecule has 9 heteroatoms. The number of rotatable bonds is 2. The summed E-state index contributed by atoms with van der Waals surface area (Å²) in [5, 5.41) is 12.3. The summed E-state index contributed by atoms with van der Waals surface area (Å²) in [5.74, 6) is 0.793. The van der Waals surface area contributed by atoms with Crippen LogP contribution in [0.15, 0.2) is 65.7 Å².